The van der Waals surface area contributed by atoms with E-state index in [2.05, 4.69) is 19.8 Å². The van der Waals surface area contributed by atoms with E-state index in [-0.39, 0.29) is 5.52 Å². The van der Waals surface area contributed by atoms with Gasteiger partial charge in [0.25, 0.3) is 0 Å². The van der Waals surface area contributed by atoms with E-state index in [0.717, 1.165) is 43.8 Å². The number of halogens is 1. The first-order valence-corrected chi connectivity index (χ1v) is 11.2. The van der Waals surface area contributed by atoms with Crippen molar-refractivity contribution >= 4 is 29.4 Å². The molecular weight excluding hydrogens is 407 g/mol. The minimum atomic E-state index is -0.434. The summed E-state index contributed by atoms with van der Waals surface area (Å²) in [5.74, 6) is -0.0141. The number of benzene rings is 2. The monoisotopic (exact) mass is 434 g/mol. The largest absolute Gasteiger partial charge is 0.441 e. The molecule has 1 saturated carbocycles. The van der Waals surface area contributed by atoms with Crippen LogP contribution in [0.5, 0.6) is 0 Å². The van der Waals surface area contributed by atoms with Crippen LogP contribution in [0.1, 0.15) is 41.9 Å². The number of fused-ring (bicyclic) bond motifs is 1. The number of aldehydes is 1. The van der Waals surface area contributed by atoms with Crippen molar-refractivity contribution in [1.29, 1.82) is 0 Å². The number of piperidine rings is 1. The zero-order chi connectivity index (χ0) is 22.2. The smallest absolute Gasteiger partial charge is 0.192 e. The lowest BCUT2D eigenvalue weighted by molar-refractivity contribution is 0.112. The highest BCUT2D eigenvalue weighted by Gasteiger charge is 2.32. The summed E-state index contributed by atoms with van der Waals surface area (Å²) in [7, 11) is 2.04. The van der Waals surface area contributed by atoms with Crippen LogP contribution < -0.4 is 0 Å². The molecule has 0 radical (unpaired) electrons. The van der Waals surface area contributed by atoms with Gasteiger partial charge in [-0.25, -0.2) is 14.4 Å². The van der Waals surface area contributed by atoms with Crippen LogP contribution in [-0.4, -0.2) is 59.6 Å². The molecule has 5 rings (SSSR count). The zero-order valence-electron chi connectivity index (χ0n) is 18.4. The molecule has 2 aromatic carbocycles. The molecule has 2 fully saturated rings. The molecule has 0 atom stereocenters. The van der Waals surface area contributed by atoms with Crippen LogP contribution in [-0.2, 0) is 0 Å². The Hall–Kier alpha value is -3.06. The molecule has 0 bridgehead atoms. The third kappa shape index (κ3) is 4.17. The maximum absolute atomic E-state index is 14.5. The van der Waals surface area contributed by atoms with Crippen molar-refractivity contribution < 1.29 is 13.6 Å². The summed E-state index contributed by atoms with van der Waals surface area (Å²) < 4.78 is 20.0. The molecule has 6 nitrogen and oxygen atoms in total. The molecule has 0 unspecified atom stereocenters. The molecule has 1 aromatic heterocycles. The van der Waals surface area contributed by atoms with Gasteiger partial charge in [0.05, 0.1) is 12.0 Å². The molecule has 32 heavy (non-hydrogen) atoms. The second-order valence-electron chi connectivity index (χ2n) is 8.84. The first-order chi connectivity index (χ1) is 15.5. The average Bonchev–Trinajstić information content (AvgIpc) is 3.58. The summed E-state index contributed by atoms with van der Waals surface area (Å²) in [6.07, 6.45) is 7.55. The van der Waals surface area contributed by atoms with E-state index in [1.165, 1.54) is 18.9 Å². The van der Waals surface area contributed by atoms with Crippen LogP contribution >= 0.6 is 0 Å². The second-order valence-corrected chi connectivity index (χ2v) is 8.84. The van der Waals surface area contributed by atoms with Gasteiger partial charge in [-0.3, -0.25) is 4.79 Å². The maximum Gasteiger partial charge on any atom is 0.192 e. The lowest BCUT2D eigenvalue weighted by Gasteiger charge is -2.36. The summed E-state index contributed by atoms with van der Waals surface area (Å²) in [4.78, 5) is 25.0. The number of aliphatic imine (C=N–C) groups is 1. The number of aryl methyl sites for hydroxylation is 1. The van der Waals surface area contributed by atoms with Crippen LogP contribution in [0.3, 0.4) is 0 Å². The third-order valence-corrected chi connectivity index (χ3v) is 6.56. The highest BCUT2D eigenvalue weighted by atomic mass is 19.1. The van der Waals surface area contributed by atoms with Gasteiger partial charge in [-0.05, 0) is 61.1 Å². The standard InChI is InChI=1S/C25H27FN4O2/c1-16-28-25-22(26)11-19(13-24(25)32-16)17-3-4-18(14-31)23(12-17)27-15-29(2)20-7-9-30(10-8-20)21-5-6-21/h3-4,11-15,20-21H,5-10H2,1-2H3. The number of likely N-dealkylation sites (tertiary alicyclic amines) is 1. The molecule has 0 amide bonds. The summed E-state index contributed by atoms with van der Waals surface area (Å²) >= 11 is 0. The fourth-order valence-corrected chi connectivity index (χ4v) is 4.55. The van der Waals surface area contributed by atoms with Crippen LogP contribution in [0.15, 0.2) is 39.7 Å². The van der Waals surface area contributed by atoms with Crippen molar-refractivity contribution in [3.63, 3.8) is 0 Å². The van der Waals surface area contributed by atoms with E-state index in [4.69, 9.17) is 4.42 Å². The molecule has 0 spiro atoms. The molecular formula is C25H27FN4O2. The van der Waals surface area contributed by atoms with Crippen LogP contribution in [0.25, 0.3) is 22.2 Å². The van der Waals surface area contributed by atoms with Gasteiger partial charge in [0.2, 0.25) is 0 Å². The van der Waals surface area contributed by atoms with Gasteiger partial charge in [-0.1, -0.05) is 6.07 Å². The number of nitrogens with zero attached hydrogens (tertiary/aromatic N) is 4. The maximum atomic E-state index is 14.5. The minimum absolute atomic E-state index is 0.225. The summed E-state index contributed by atoms with van der Waals surface area (Å²) in [6.45, 7) is 3.96. The Bertz CT molecular complexity index is 1180. The number of rotatable bonds is 6. The first-order valence-electron chi connectivity index (χ1n) is 11.2. The first kappa shape index (κ1) is 20.8. The molecule has 1 saturated heterocycles. The zero-order valence-corrected chi connectivity index (χ0v) is 18.4. The second kappa shape index (κ2) is 8.47. The fourth-order valence-electron chi connectivity index (χ4n) is 4.55. The van der Waals surface area contributed by atoms with Crippen molar-refractivity contribution in [2.45, 2.75) is 44.7 Å². The topological polar surface area (TPSA) is 61.9 Å². The third-order valence-electron chi connectivity index (χ3n) is 6.56. The van der Waals surface area contributed by atoms with Crippen LogP contribution in [0, 0.1) is 12.7 Å². The van der Waals surface area contributed by atoms with E-state index in [9.17, 15) is 9.18 Å². The van der Waals surface area contributed by atoms with Crippen molar-refractivity contribution in [2.24, 2.45) is 4.99 Å². The van der Waals surface area contributed by atoms with Gasteiger partial charge in [0.1, 0.15) is 5.52 Å². The predicted molar refractivity (Wildman–Crippen MR) is 123 cm³/mol. The summed E-state index contributed by atoms with van der Waals surface area (Å²) in [5, 5.41) is 0. The van der Waals surface area contributed by atoms with Crippen molar-refractivity contribution in [3.8, 4) is 11.1 Å². The number of carbonyl (C=O) groups is 1. The molecule has 1 aliphatic carbocycles. The van der Waals surface area contributed by atoms with Gasteiger partial charge in [-0.15, -0.1) is 0 Å². The lowest BCUT2D eigenvalue weighted by Crippen LogP contribution is -2.43. The number of hydrogen-bond acceptors (Lipinski definition) is 5. The van der Waals surface area contributed by atoms with E-state index in [0.29, 0.717) is 34.3 Å². The van der Waals surface area contributed by atoms with E-state index >= 15 is 0 Å². The Morgan fingerprint density at radius 1 is 1.16 bits per heavy atom. The predicted octanol–water partition coefficient (Wildman–Crippen LogP) is 4.97. The van der Waals surface area contributed by atoms with E-state index in [1.54, 1.807) is 25.1 Å². The molecule has 0 N–H and O–H groups in total. The van der Waals surface area contributed by atoms with E-state index in [1.807, 2.05) is 19.5 Å². The summed E-state index contributed by atoms with van der Waals surface area (Å²) in [5.41, 5.74) is 3.11. The number of aromatic nitrogens is 1. The van der Waals surface area contributed by atoms with Crippen molar-refractivity contribution in [1.82, 2.24) is 14.8 Å². The number of hydrogen-bond donors (Lipinski definition) is 0. The van der Waals surface area contributed by atoms with Crippen LogP contribution in [0.2, 0.25) is 0 Å². The summed E-state index contributed by atoms with van der Waals surface area (Å²) in [6, 6.07) is 9.80. The normalized spacial score (nSPS) is 18.0. The molecule has 3 aromatic rings. The number of oxazole rings is 1. The van der Waals surface area contributed by atoms with Crippen molar-refractivity contribution in [2.75, 3.05) is 20.1 Å². The van der Waals surface area contributed by atoms with Crippen molar-refractivity contribution in [3.05, 3.63) is 47.6 Å². The Kier molecular flexibility index (Phi) is 5.51. The van der Waals surface area contributed by atoms with Gasteiger partial charge in [0, 0.05) is 44.7 Å². The van der Waals surface area contributed by atoms with Gasteiger partial charge in [-0.2, -0.15) is 0 Å². The Labute approximate surface area is 186 Å². The fraction of sp³-hybridized carbons (Fsp3) is 0.400. The molecule has 2 aliphatic rings. The Balaban J connectivity index is 1.37. The quantitative estimate of drug-likeness (QED) is 0.311. The highest BCUT2D eigenvalue weighted by Crippen LogP contribution is 2.32. The van der Waals surface area contributed by atoms with E-state index < -0.39 is 5.82 Å². The van der Waals surface area contributed by atoms with Crippen LogP contribution in [0.4, 0.5) is 10.1 Å². The molecule has 7 heteroatoms. The Morgan fingerprint density at radius 3 is 2.66 bits per heavy atom. The van der Waals surface area contributed by atoms with Gasteiger partial charge >= 0.3 is 0 Å². The SMILES string of the molecule is Cc1nc2c(F)cc(-c3ccc(C=O)c(N=CN(C)C4CCN(C5CC5)CC4)c3)cc2o1. The Morgan fingerprint density at radius 2 is 1.94 bits per heavy atom. The average molecular weight is 435 g/mol. The number of carbonyl (C=O) groups excluding carboxylic acids is 1. The molecule has 2 heterocycles. The lowest BCUT2D eigenvalue weighted by atomic mass is 10.0. The van der Waals surface area contributed by atoms with Gasteiger partial charge in [0.15, 0.2) is 23.6 Å². The molecule has 1 aliphatic heterocycles. The van der Waals surface area contributed by atoms with Gasteiger partial charge < -0.3 is 14.2 Å². The highest BCUT2D eigenvalue weighted by molar-refractivity contribution is 5.88. The molecule has 166 valence electrons. The minimum Gasteiger partial charge on any atom is -0.441 e.